The number of hydrogen-bond acceptors (Lipinski definition) is 4. The molecule has 0 aliphatic carbocycles. The van der Waals surface area contributed by atoms with Crippen molar-refractivity contribution in [2.75, 3.05) is 39.2 Å². The molecule has 5 nitrogen and oxygen atoms in total. The van der Waals surface area contributed by atoms with Gasteiger partial charge >= 0.3 is 0 Å². The van der Waals surface area contributed by atoms with Crippen LogP contribution in [0.2, 0.25) is 0 Å². The summed E-state index contributed by atoms with van der Waals surface area (Å²) < 4.78 is 23.2. The number of nitrogens with two attached hydrogens (primary N) is 1. The Balaban J connectivity index is 2.26. The molecule has 0 unspecified atom stereocenters. The van der Waals surface area contributed by atoms with Crippen LogP contribution in [0.15, 0.2) is 18.2 Å². The van der Waals surface area contributed by atoms with Gasteiger partial charge in [0.05, 0.1) is 24.5 Å². The van der Waals surface area contributed by atoms with E-state index in [0.29, 0.717) is 32.8 Å². The minimum atomic E-state index is -0.587. The molecule has 0 saturated heterocycles. The summed E-state index contributed by atoms with van der Waals surface area (Å²) in [5, 5.41) is 2.66. The molecule has 0 aliphatic rings. The van der Waals surface area contributed by atoms with Crippen LogP contribution in [-0.2, 0) is 9.47 Å². The van der Waals surface area contributed by atoms with Crippen molar-refractivity contribution >= 4 is 11.6 Å². The summed E-state index contributed by atoms with van der Waals surface area (Å²) in [6.07, 6.45) is 0.671. The number of benzene rings is 1. The lowest BCUT2D eigenvalue weighted by Gasteiger charge is -2.08. The maximum atomic E-state index is 13.2. The molecule has 0 fully saturated rings. The molecule has 0 spiro atoms. The molecule has 6 heteroatoms. The summed E-state index contributed by atoms with van der Waals surface area (Å²) in [6, 6.07) is 4.16. The summed E-state index contributed by atoms with van der Waals surface area (Å²) in [4.78, 5) is 11.7. The standard InChI is InChI=1S/C13H19FN2O3/c1-18-8-9-19-7-3-6-16-13(17)10-4-2-5-11(14)12(10)15/h2,4-5H,3,6-9,15H2,1H3,(H,16,17). The highest BCUT2D eigenvalue weighted by molar-refractivity contribution is 5.99. The second-order valence-electron chi connectivity index (χ2n) is 3.92. The second-order valence-corrected chi connectivity index (χ2v) is 3.92. The van der Waals surface area contributed by atoms with Gasteiger partial charge in [-0.25, -0.2) is 4.39 Å². The van der Waals surface area contributed by atoms with Crippen molar-refractivity contribution in [3.63, 3.8) is 0 Å². The lowest BCUT2D eigenvalue weighted by molar-refractivity contribution is 0.0688. The van der Waals surface area contributed by atoms with Crippen molar-refractivity contribution < 1.29 is 18.7 Å². The minimum absolute atomic E-state index is 0.128. The molecular formula is C13H19FN2O3. The molecule has 1 aromatic rings. The number of rotatable bonds is 8. The summed E-state index contributed by atoms with van der Waals surface area (Å²) in [5.74, 6) is -0.968. The smallest absolute Gasteiger partial charge is 0.253 e. The summed E-state index contributed by atoms with van der Waals surface area (Å²) in [5.41, 5.74) is 5.52. The fourth-order valence-corrected chi connectivity index (χ4v) is 1.45. The predicted molar refractivity (Wildman–Crippen MR) is 70.5 cm³/mol. The maximum Gasteiger partial charge on any atom is 0.253 e. The van der Waals surface area contributed by atoms with Gasteiger partial charge in [0.15, 0.2) is 0 Å². The van der Waals surface area contributed by atoms with Crippen LogP contribution in [0.4, 0.5) is 10.1 Å². The van der Waals surface area contributed by atoms with Gasteiger partial charge in [0.1, 0.15) is 5.82 Å². The van der Waals surface area contributed by atoms with Crippen molar-refractivity contribution in [2.45, 2.75) is 6.42 Å². The molecule has 3 N–H and O–H groups in total. The summed E-state index contributed by atoms with van der Waals surface area (Å²) in [7, 11) is 1.60. The highest BCUT2D eigenvalue weighted by atomic mass is 19.1. The third-order valence-corrected chi connectivity index (χ3v) is 2.48. The Morgan fingerprint density at radius 3 is 2.89 bits per heavy atom. The van der Waals surface area contributed by atoms with E-state index in [1.165, 1.54) is 18.2 Å². The van der Waals surface area contributed by atoms with E-state index < -0.39 is 5.82 Å². The molecule has 0 saturated carbocycles. The lowest BCUT2D eigenvalue weighted by atomic mass is 10.1. The molecule has 0 bridgehead atoms. The van der Waals surface area contributed by atoms with E-state index in [1.807, 2.05) is 0 Å². The van der Waals surface area contributed by atoms with Gasteiger partial charge < -0.3 is 20.5 Å². The van der Waals surface area contributed by atoms with Gasteiger partial charge in [-0.3, -0.25) is 4.79 Å². The van der Waals surface area contributed by atoms with Crippen LogP contribution in [0.1, 0.15) is 16.8 Å². The second kappa shape index (κ2) is 8.44. The molecule has 0 radical (unpaired) electrons. The Morgan fingerprint density at radius 1 is 1.37 bits per heavy atom. The van der Waals surface area contributed by atoms with Crippen LogP contribution >= 0.6 is 0 Å². The Labute approximate surface area is 111 Å². The summed E-state index contributed by atoms with van der Waals surface area (Å²) >= 11 is 0. The number of carbonyl (C=O) groups is 1. The summed E-state index contributed by atoms with van der Waals surface area (Å²) in [6.45, 7) is 2.05. The molecule has 0 aliphatic heterocycles. The molecule has 1 rings (SSSR count). The SMILES string of the molecule is COCCOCCCNC(=O)c1cccc(F)c1N. The minimum Gasteiger partial charge on any atom is -0.396 e. The Kier molecular flexibility index (Phi) is 6.84. The van der Waals surface area contributed by atoms with E-state index in [-0.39, 0.29) is 17.2 Å². The molecule has 0 aromatic heterocycles. The third-order valence-electron chi connectivity index (χ3n) is 2.48. The number of methoxy groups -OCH3 is 1. The highest BCUT2D eigenvalue weighted by Gasteiger charge is 2.11. The number of nitrogen functional groups attached to an aromatic ring is 1. The molecule has 19 heavy (non-hydrogen) atoms. The van der Waals surface area contributed by atoms with E-state index >= 15 is 0 Å². The molecular weight excluding hydrogens is 251 g/mol. The van der Waals surface area contributed by atoms with Crippen molar-refractivity contribution in [3.05, 3.63) is 29.6 Å². The van der Waals surface area contributed by atoms with Crippen LogP contribution in [0.25, 0.3) is 0 Å². The van der Waals surface area contributed by atoms with Crippen LogP contribution in [0.3, 0.4) is 0 Å². The fraction of sp³-hybridized carbons (Fsp3) is 0.462. The number of para-hydroxylation sites is 1. The van der Waals surface area contributed by atoms with Gasteiger partial charge in [-0.15, -0.1) is 0 Å². The lowest BCUT2D eigenvalue weighted by Crippen LogP contribution is -2.26. The molecule has 0 heterocycles. The van der Waals surface area contributed by atoms with Gasteiger partial charge in [0, 0.05) is 20.3 Å². The first kappa shape index (κ1) is 15.4. The normalized spacial score (nSPS) is 10.4. The van der Waals surface area contributed by atoms with Gasteiger partial charge in [-0.2, -0.15) is 0 Å². The number of hydrogen-bond donors (Lipinski definition) is 2. The number of anilines is 1. The van der Waals surface area contributed by atoms with Crippen molar-refractivity contribution in [1.29, 1.82) is 0 Å². The van der Waals surface area contributed by atoms with E-state index in [2.05, 4.69) is 5.32 Å². The molecule has 1 amide bonds. The number of halogens is 1. The Hall–Kier alpha value is -1.66. The quantitative estimate of drug-likeness (QED) is 0.550. The van der Waals surface area contributed by atoms with Crippen molar-refractivity contribution in [1.82, 2.24) is 5.32 Å². The van der Waals surface area contributed by atoms with E-state index in [9.17, 15) is 9.18 Å². The van der Waals surface area contributed by atoms with E-state index in [4.69, 9.17) is 15.2 Å². The van der Waals surface area contributed by atoms with Gasteiger partial charge in [-0.05, 0) is 18.6 Å². The van der Waals surface area contributed by atoms with E-state index in [1.54, 1.807) is 7.11 Å². The van der Waals surface area contributed by atoms with Crippen LogP contribution in [-0.4, -0.2) is 39.4 Å². The largest absolute Gasteiger partial charge is 0.396 e. The van der Waals surface area contributed by atoms with Crippen LogP contribution < -0.4 is 11.1 Å². The number of nitrogens with one attached hydrogen (secondary N) is 1. The monoisotopic (exact) mass is 270 g/mol. The van der Waals surface area contributed by atoms with E-state index in [0.717, 1.165) is 0 Å². The predicted octanol–water partition coefficient (Wildman–Crippen LogP) is 1.19. The first-order valence-corrected chi connectivity index (χ1v) is 6.05. The fourth-order valence-electron chi connectivity index (χ4n) is 1.45. The molecule has 1 aromatic carbocycles. The molecule has 106 valence electrons. The Morgan fingerprint density at radius 2 is 2.16 bits per heavy atom. The van der Waals surface area contributed by atoms with Crippen LogP contribution in [0.5, 0.6) is 0 Å². The zero-order chi connectivity index (χ0) is 14.1. The first-order valence-electron chi connectivity index (χ1n) is 6.05. The average molecular weight is 270 g/mol. The molecule has 0 atom stereocenters. The zero-order valence-electron chi connectivity index (χ0n) is 10.9. The Bertz CT molecular complexity index is 413. The van der Waals surface area contributed by atoms with Gasteiger partial charge in [-0.1, -0.05) is 6.07 Å². The zero-order valence-corrected chi connectivity index (χ0v) is 10.9. The number of ether oxygens (including phenoxy) is 2. The average Bonchev–Trinajstić information content (AvgIpc) is 2.40. The topological polar surface area (TPSA) is 73.6 Å². The maximum absolute atomic E-state index is 13.2. The van der Waals surface area contributed by atoms with Crippen LogP contribution in [0, 0.1) is 5.82 Å². The highest BCUT2D eigenvalue weighted by Crippen LogP contribution is 2.15. The van der Waals surface area contributed by atoms with Crippen molar-refractivity contribution in [2.24, 2.45) is 0 Å². The van der Waals surface area contributed by atoms with Gasteiger partial charge in [0.2, 0.25) is 0 Å². The van der Waals surface area contributed by atoms with Gasteiger partial charge in [0.25, 0.3) is 5.91 Å². The number of amides is 1. The first-order chi connectivity index (χ1) is 9.16. The third kappa shape index (κ3) is 5.23. The van der Waals surface area contributed by atoms with Crippen molar-refractivity contribution in [3.8, 4) is 0 Å². The number of carbonyl (C=O) groups excluding carboxylic acids is 1.